The van der Waals surface area contributed by atoms with Crippen LogP contribution < -0.4 is 21.3 Å². The van der Waals surface area contributed by atoms with Crippen LogP contribution in [0.15, 0.2) is 0 Å². The highest BCUT2D eigenvalue weighted by Crippen LogP contribution is 2.01. The highest BCUT2D eigenvalue weighted by Gasteiger charge is 2.19. The first-order valence-corrected chi connectivity index (χ1v) is 8.56. The minimum absolute atomic E-state index is 0.133. The van der Waals surface area contributed by atoms with Crippen LogP contribution in [0.3, 0.4) is 0 Å². The Morgan fingerprint density at radius 2 is 1.71 bits per heavy atom. The summed E-state index contributed by atoms with van der Waals surface area (Å²) in [5.74, 6) is -0.486. The first-order valence-electron chi connectivity index (χ1n) is 7.03. The fraction of sp³-hybridized carbons (Fsp3) is 0.769. The maximum atomic E-state index is 12.0. The summed E-state index contributed by atoms with van der Waals surface area (Å²) in [6, 6.07) is -0.513. The number of carbonyl (C=O) groups is 3. The van der Waals surface area contributed by atoms with Crippen molar-refractivity contribution in [2.75, 3.05) is 31.1 Å². The maximum Gasteiger partial charge on any atom is 0.242 e. The minimum atomic E-state index is -0.513. The fourth-order valence-corrected chi connectivity index (χ4v) is 1.92. The zero-order chi connectivity index (χ0) is 16.1. The van der Waals surface area contributed by atoms with Gasteiger partial charge >= 0.3 is 0 Å². The van der Waals surface area contributed by atoms with Gasteiger partial charge in [0.2, 0.25) is 17.7 Å². The van der Waals surface area contributed by atoms with Gasteiger partial charge in [0.15, 0.2) is 0 Å². The van der Waals surface area contributed by atoms with Crippen molar-refractivity contribution in [2.45, 2.75) is 32.2 Å². The van der Waals surface area contributed by atoms with Crippen LogP contribution in [0.2, 0.25) is 0 Å². The molecule has 0 aliphatic rings. The van der Waals surface area contributed by atoms with Crippen LogP contribution >= 0.6 is 22.6 Å². The molecule has 1 atom stereocenters. The zero-order valence-electron chi connectivity index (χ0n) is 12.6. The molecule has 0 fully saturated rings. The molecule has 0 spiro atoms. The van der Waals surface area contributed by atoms with Gasteiger partial charge in [-0.25, -0.2) is 0 Å². The van der Waals surface area contributed by atoms with Crippen molar-refractivity contribution in [3.63, 3.8) is 0 Å². The van der Waals surface area contributed by atoms with Gasteiger partial charge < -0.3 is 21.3 Å². The molecule has 4 N–H and O–H groups in total. The fourth-order valence-electron chi connectivity index (χ4n) is 1.70. The molecule has 0 saturated carbocycles. The van der Waals surface area contributed by atoms with E-state index in [1.165, 1.54) is 6.92 Å². The van der Waals surface area contributed by atoms with E-state index < -0.39 is 6.04 Å². The maximum absolute atomic E-state index is 12.0. The third-order valence-corrected chi connectivity index (χ3v) is 3.43. The Labute approximate surface area is 139 Å². The molecule has 0 aliphatic carbocycles. The second-order valence-corrected chi connectivity index (χ2v) is 5.39. The van der Waals surface area contributed by atoms with E-state index in [9.17, 15) is 14.4 Å². The van der Waals surface area contributed by atoms with Gasteiger partial charge in [-0.15, -0.1) is 0 Å². The predicted molar refractivity (Wildman–Crippen MR) is 90.3 cm³/mol. The molecule has 122 valence electrons. The Morgan fingerprint density at radius 1 is 1.05 bits per heavy atom. The van der Waals surface area contributed by atoms with Crippen molar-refractivity contribution >= 4 is 40.3 Å². The summed E-state index contributed by atoms with van der Waals surface area (Å²) in [7, 11) is 1.88. The van der Waals surface area contributed by atoms with Crippen LogP contribution in [0, 0.1) is 0 Å². The Hall–Kier alpha value is -0.900. The molecule has 3 amide bonds. The lowest BCUT2D eigenvalue weighted by Crippen LogP contribution is -2.48. The van der Waals surface area contributed by atoms with Crippen LogP contribution in [0.5, 0.6) is 0 Å². The molecular weight excluding hydrogens is 387 g/mol. The molecule has 0 unspecified atom stereocenters. The van der Waals surface area contributed by atoms with Crippen LogP contribution in [0.1, 0.15) is 26.2 Å². The lowest BCUT2D eigenvalue weighted by atomic mass is 10.1. The Morgan fingerprint density at radius 3 is 2.29 bits per heavy atom. The molecule has 0 rings (SSSR count). The van der Waals surface area contributed by atoms with E-state index in [2.05, 4.69) is 21.3 Å². The van der Waals surface area contributed by atoms with Crippen molar-refractivity contribution in [3.05, 3.63) is 0 Å². The van der Waals surface area contributed by atoms with Crippen LogP contribution in [-0.4, -0.2) is 54.9 Å². The highest BCUT2D eigenvalue weighted by atomic mass is 127. The van der Waals surface area contributed by atoms with E-state index in [0.29, 0.717) is 23.9 Å². The number of amides is 3. The molecule has 7 nitrogen and oxygen atoms in total. The lowest BCUT2D eigenvalue weighted by Gasteiger charge is -2.18. The number of carbonyl (C=O) groups excluding carboxylic acids is 3. The number of hydrogen-bond acceptors (Lipinski definition) is 4. The lowest BCUT2D eigenvalue weighted by molar-refractivity contribution is -0.128. The molecule has 0 bridgehead atoms. The van der Waals surface area contributed by atoms with Crippen molar-refractivity contribution in [3.8, 4) is 0 Å². The Bertz CT molecular complexity index is 339. The van der Waals surface area contributed by atoms with Gasteiger partial charge in [-0.05, 0) is 32.9 Å². The zero-order valence-corrected chi connectivity index (χ0v) is 14.8. The molecule has 21 heavy (non-hydrogen) atoms. The second-order valence-electron chi connectivity index (χ2n) is 4.63. The monoisotopic (exact) mass is 412 g/mol. The third-order valence-electron chi connectivity index (χ3n) is 2.74. The number of alkyl halides is 1. The summed E-state index contributed by atoms with van der Waals surface area (Å²) in [5, 5.41) is 11.1. The van der Waals surface area contributed by atoms with E-state index in [0.717, 1.165) is 19.4 Å². The molecule has 0 saturated heterocycles. The third kappa shape index (κ3) is 11.4. The molecule has 0 aromatic carbocycles. The summed E-state index contributed by atoms with van der Waals surface area (Å²) in [6.07, 6.45) is 2.41. The van der Waals surface area contributed by atoms with E-state index >= 15 is 0 Å². The molecule has 0 radical (unpaired) electrons. The summed E-state index contributed by atoms with van der Waals surface area (Å²) in [4.78, 5) is 34.2. The van der Waals surface area contributed by atoms with Crippen LogP contribution in [0.25, 0.3) is 0 Å². The standard InChI is InChI=1S/C13H25IN4O3/c1-10(19)16-7-8-17-13(21)11(18-12(20)9-14)5-3-4-6-15-2/h11,15H,3-9H2,1-2H3,(H,16,19)(H,17,21)(H,18,20)/t11-/m1/s1. The van der Waals surface area contributed by atoms with Crippen molar-refractivity contribution in [2.24, 2.45) is 0 Å². The van der Waals surface area contributed by atoms with Crippen LogP contribution in [-0.2, 0) is 14.4 Å². The average molecular weight is 412 g/mol. The van der Waals surface area contributed by atoms with Crippen molar-refractivity contribution in [1.82, 2.24) is 21.3 Å². The molecule has 0 heterocycles. The average Bonchev–Trinajstić information content (AvgIpc) is 2.46. The predicted octanol–water partition coefficient (Wildman–Crippen LogP) is -0.452. The Balaban J connectivity index is 4.17. The normalized spacial score (nSPS) is 11.6. The van der Waals surface area contributed by atoms with E-state index in [4.69, 9.17) is 0 Å². The summed E-state index contributed by atoms with van der Waals surface area (Å²) in [6.45, 7) is 3.05. The molecule has 8 heteroatoms. The van der Waals surface area contributed by atoms with Crippen LogP contribution in [0.4, 0.5) is 0 Å². The second kappa shape index (κ2) is 12.8. The van der Waals surface area contributed by atoms with Gasteiger partial charge in [0, 0.05) is 20.0 Å². The number of rotatable bonds is 11. The van der Waals surface area contributed by atoms with E-state index in [-0.39, 0.29) is 17.7 Å². The van der Waals surface area contributed by atoms with Gasteiger partial charge in [0.05, 0.1) is 4.43 Å². The van der Waals surface area contributed by atoms with Gasteiger partial charge in [0.25, 0.3) is 0 Å². The van der Waals surface area contributed by atoms with Gasteiger partial charge in [0.1, 0.15) is 6.04 Å². The summed E-state index contributed by atoms with van der Waals surface area (Å²) in [5.41, 5.74) is 0. The highest BCUT2D eigenvalue weighted by molar-refractivity contribution is 14.1. The molecular formula is C13H25IN4O3. The SMILES string of the molecule is CNCCCC[C@@H](NC(=O)CI)C(=O)NCCNC(C)=O. The Kier molecular flexibility index (Phi) is 12.3. The first-order chi connectivity index (χ1) is 10.0. The summed E-state index contributed by atoms with van der Waals surface area (Å²) < 4.78 is 0.323. The van der Waals surface area contributed by atoms with E-state index in [1.54, 1.807) is 0 Å². The number of halogens is 1. The largest absolute Gasteiger partial charge is 0.355 e. The number of nitrogens with one attached hydrogen (secondary N) is 4. The van der Waals surface area contributed by atoms with Gasteiger partial charge in [-0.3, -0.25) is 14.4 Å². The van der Waals surface area contributed by atoms with Gasteiger partial charge in [-0.2, -0.15) is 0 Å². The van der Waals surface area contributed by atoms with Crippen molar-refractivity contribution in [1.29, 1.82) is 0 Å². The molecule has 0 aromatic rings. The quantitative estimate of drug-likeness (QED) is 0.210. The molecule has 0 aromatic heterocycles. The number of unbranched alkanes of at least 4 members (excludes halogenated alkanes) is 1. The summed E-state index contributed by atoms with van der Waals surface area (Å²) >= 11 is 1.96. The minimum Gasteiger partial charge on any atom is -0.355 e. The topological polar surface area (TPSA) is 99.3 Å². The van der Waals surface area contributed by atoms with Crippen molar-refractivity contribution < 1.29 is 14.4 Å². The number of hydrogen-bond donors (Lipinski definition) is 4. The van der Waals surface area contributed by atoms with E-state index in [1.807, 2.05) is 29.6 Å². The van der Waals surface area contributed by atoms with Gasteiger partial charge in [-0.1, -0.05) is 22.6 Å². The smallest absolute Gasteiger partial charge is 0.242 e. The first kappa shape index (κ1) is 20.1. The molecule has 0 aliphatic heterocycles.